The molecule has 102 valence electrons. The van der Waals surface area contributed by atoms with Crippen molar-refractivity contribution in [3.63, 3.8) is 0 Å². The van der Waals surface area contributed by atoms with Crippen LogP contribution in [0.1, 0.15) is 41.6 Å². The fourth-order valence-corrected chi connectivity index (χ4v) is 2.86. The number of benzene rings is 1. The third-order valence-electron chi connectivity index (χ3n) is 4.00. The molecule has 4 heteroatoms. The van der Waals surface area contributed by atoms with E-state index in [1.165, 1.54) is 0 Å². The molecule has 19 heavy (non-hydrogen) atoms. The molecule has 1 heterocycles. The first-order chi connectivity index (χ1) is 9.24. The first kappa shape index (κ1) is 12.5. The van der Waals surface area contributed by atoms with Gasteiger partial charge in [0, 0.05) is 12.0 Å². The van der Waals surface area contributed by atoms with E-state index in [1.54, 1.807) is 6.07 Å². The molecule has 0 spiro atoms. The second kappa shape index (κ2) is 5.21. The Labute approximate surface area is 112 Å². The molecular weight excluding hydrogens is 242 g/mol. The van der Waals surface area contributed by atoms with Gasteiger partial charge in [-0.3, -0.25) is 4.79 Å². The zero-order chi connectivity index (χ0) is 13.2. The van der Waals surface area contributed by atoms with Crippen LogP contribution >= 0.6 is 0 Å². The van der Waals surface area contributed by atoms with Crippen molar-refractivity contribution in [2.45, 2.75) is 44.2 Å². The Balaban J connectivity index is 1.70. The van der Waals surface area contributed by atoms with E-state index >= 15 is 0 Å². The molecule has 0 aromatic heterocycles. The third kappa shape index (κ3) is 2.59. The Morgan fingerprint density at radius 3 is 3.00 bits per heavy atom. The topological polar surface area (TPSA) is 58.6 Å². The summed E-state index contributed by atoms with van der Waals surface area (Å²) in [7, 11) is 0. The molecule has 4 nitrogen and oxygen atoms in total. The molecule has 1 aromatic carbocycles. The molecule has 1 aliphatic heterocycles. The molecule has 0 unspecified atom stereocenters. The second-order valence-corrected chi connectivity index (χ2v) is 5.35. The second-order valence-electron chi connectivity index (χ2n) is 5.35. The molecule has 2 N–H and O–H groups in total. The summed E-state index contributed by atoms with van der Waals surface area (Å²) in [5, 5.41) is 12.8. The standard InChI is InChI=1S/C15H19NO3/c17-13-4-2-1-3-12(13)16-15(18)11-5-6-14-10(9-11)7-8-19-14/h5-6,9,12-13,17H,1-4,7-8H2,(H,16,18)/t12-,13-/m1/s1. The van der Waals surface area contributed by atoms with E-state index < -0.39 is 6.10 Å². The average molecular weight is 261 g/mol. The van der Waals surface area contributed by atoms with Gasteiger partial charge < -0.3 is 15.2 Å². The van der Waals surface area contributed by atoms with Gasteiger partial charge in [0.1, 0.15) is 5.75 Å². The summed E-state index contributed by atoms with van der Waals surface area (Å²) in [6.07, 6.45) is 4.21. The largest absolute Gasteiger partial charge is 0.493 e. The minimum Gasteiger partial charge on any atom is -0.493 e. The van der Waals surface area contributed by atoms with Crippen molar-refractivity contribution in [2.24, 2.45) is 0 Å². The van der Waals surface area contributed by atoms with Crippen molar-refractivity contribution in [1.82, 2.24) is 5.32 Å². The van der Waals surface area contributed by atoms with Crippen LogP contribution in [0.3, 0.4) is 0 Å². The van der Waals surface area contributed by atoms with Gasteiger partial charge >= 0.3 is 0 Å². The van der Waals surface area contributed by atoms with Crippen molar-refractivity contribution < 1.29 is 14.6 Å². The van der Waals surface area contributed by atoms with Gasteiger partial charge in [0.15, 0.2) is 0 Å². The Bertz CT molecular complexity index is 486. The van der Waals surface area contributed by atoms with Crippen molar-refractivity contribution in [3.05, 3.63) is 29.3 Å². The van der Waals surface area contributed by atoms with Crippen molar-refractivity contribution >= 4 is 5.91 Å². The van der Waals surface area contributed by atoms with Crippen LogP contribution in [0.4, 0.5) is 0 Å². The lowest BCUT2D eigenvalue weighted by Crippen LogP contribution is -2.45. The highest BCUT2D eigenvalue weighted by Crippen LogP contribution is 2.26. The molecule has 2 atom stereocenters. The van der Waals surface area contributed by atoms with E-state index in [4.69, 9.17) is 4.74 Å². The smallest absolute Gasteiger partial charge is 0.251 e. The number of amides is 1. The fourth-order valence-electron chi connectivity index (χ4n) is 2.86. The number of hydrogen-bond donors (Lipinski definition) is 2. The van der Waals surface area contributed by atoms with Crippen LogP contribution in [0.2, 0.25) is 0 Å². The maximum Gasteiger partial charge on any atom is 0.251 e. The summed E-state index contributed by atoms with van der Waals surface area (Å²) in [5.41, 5.74) is 1.75. The lowest BCUT2D eigenvalue weighted by Gasteiger charge is -2.28. The SMILES string of the molecule is O=C(N[C@@H]1CCCC[C@H]1O)c1ccc2c(c1)CCO2. The Morgan fingerprint density at radius 1 is 1.32 bits per heavy atom. The molecule has 1 aromatic rings. The number of aliphatic hydroxyl groups is 1. The highest BCUT2D eigenvalue weighted by molar-refractivity contribution is 5.94. The van der Waals surface area contributed by atoms with Crippen LogP contribution in [0.15, 0.2) is 18.2 Å². The van der Waals surface area contributed by atoms with Crippen LogP contribution < -0.4 is 10.1 Å². The van der Waals surface area contributed by atoms with Crippen LogP contribution in [0.25, 0.3) is 0 Å². The van der Waals surface area contributed by atoms with Crippen molar-refractivity contribution in [3.8, 4) is 5.75 Å². The van der Waals surface area contributed by atoms with Crippen LogP contribution in [0.5, 0.6) is 5.75 Å². The van der Waals surface area contributed by atoms with E-state index in [-0.39, 0.29) is 11.9 Å². The average Bonchev–Trinajstić information content (AvgIpc) is 2.88. The summed E-state index contributed by atoms with van der Waals surface area (Å²) < 4.78 is 5.43. The molecule has 1 fully saturated rings. The molecule has 1 amide bonds. The molecule has 1 saturated carbocycles. The molecule has 0 radical (unpaired) electrons. The number of carbonyl (C=O) groups excluding carboxylic acids is 1. The third-order valence-corrected chi connectivity index (χ3v) is 4.00. The Hall–Kier alpha value is -1.55. The number of rotatable bonds is 2. The highest BCUT2D eigenvalue weighted by atomic mass is 16.5. The van der Waals surface area contributed by atoms with Gasteiger partial charge in [0.05, 0.1) is 18.8 Å². The summed E-state index contributed by atoms with van der Waals surface area (Å²) in [6, 6.07) is 5.43. The van der Waals surface area contributed by atoms with Crippen molar-refractivity contribution in [2.75, 3.05) is 6.61 Å². The quantitative estimate of drug-likeness (QED) is 0.851. The van der Waals surface area contributed by atoms with Gasteiger partial charge in [-0.25, -0.2) is 0 Å². The fraction of sp³-hybridized carbons (Fsp3) is 0.533. The number of ether oxygens (including phenoxy) is 1. The maximum atomic E-state index is 12.2. The number of carbonyl (C=O) groups is 1. The van der Waals surface area contributed by atoms with Crippen molar-refractivity contribution in [1.29, 1.82) is 0 Å². The van der Waals surface area contributed by atoms with Gasteiger partial charge in [-0.1, -0.05) is 12.8 Å². The predicted molar refractivity (Wildman–Crippen MR) is 71.4 cm³/mol. The van der Waals surface area contributed by atoms with Crippen LogP contribution in [0, 0.1) is 0 Å². The number of aliphatic hydroxyl groups excluding tert-OH is 1. The first-order valence-electron chi connectivity index (χ1n) is 6.99. The van der Waals surface area contributed by atoms with Gasteiger partial charge in [0.25, 0.3) is 5.91 Å². The van der Waals surface area contributed by atoms with Gasteiger partial charge in [-0.2, -0.15) is 0 Å². The number of fused-ring (bicyclic) bond motifs is 1. The zero-order valence-corrected chi connectivity index (χ0v) is 10.9. The van der Waals surface area contributed by atoms with E-state index in [2.05, 4.69) is 5.32 Å². The van der Waals surface area contributed by atoms with Gasteiger partial charge in [0.2, 0.25) is 0 Å². The molecule has 2 aliphatic rings. The summed E-state index contributed by atoms with van der Waals surface area (Å²) in [4.78, 5) is 12.2. The van der Waals surface area contributed by atoms with E-state index in [0.29, 0.717) is 12.2 Å². The number of nitrogens with one attached hydrogen (secondary N) is 1. The molecule has 0 bridgehead atoms. The summed E-state index contributed by atoms with van der Waals surface area (Å²) >= 11 is 0. The monoisotopic (exact) mass is 261 g/mol. The minimum absolute atomic E-state index is 0.0966. The predicted octanol–water partition coefficient (Wildman–Crippen LogP) is 1.65. The van der Waals surface area contributed by atoms with E-state index in [9.17, 15) is 9.90 Å². The Kier molecular flexibility index (Phi) is 3.42. The van der Waals surface area contributed by atoms with Gasteiger partial charge in [-0.05, 0) is 36.6 Å². The van der Waals surface area contributed by atoms with E-state index in [1.807, 2.05) is 12.1 Å². The molecular formula is C15H19NO3. The first-order valence-corrected chi connectivity index (χ1v) is 6.99. The Morgan fingerprint density at radius 2 is 2.16 bits per heavy atom. The van der Waals surface area contributed by atoms with Crippen LogP contribution in [-0.4, -0.2) is 29.8 Å². The summed E-state index contributed by atoms with van der Waals surface area (Å²) in [6.45, 7) is 0.696. The minimum atomic E-state index is -0.407. The molecule has 1 aliphatic carbocycles. The van der Waals surface area contributed by atoms with E-state index in [0.717, 1.165) is 43.4 Å². The molecule has 3 rings (SSSR count). The normalized spacial score (nSPS) is 25.5. The maximum absolute atomic E-state index is 12.2. The lowest BCUT2D eigenvalue weighted by molar-refractivity contribution is 0.0717. The lowest BCUT2D eigenvalue weighted by atomic mass is 9.92. The summed E-state index contributed by atoms with van der Waals surface area (Å²) in [5.74, 6) is 0.787. The highest BCUT2D eigenvalue weighted by Gasteiger charge is 2.25. The number of hydrogen-bond acceptors (Lipinski definition) is 3. The molecule has 0 saturated heterocycles. The van der Waals surface area contributed by atoms with Crippen LogP contribution in [-0.2, 0) is 6.42 Å². The zero-order valence-electron chi connectivity index (χ0n) is 10.9. The van der Waals surface area contributed by atoms with Gasteiger partial charge in [-0.15, -0.1) is 0 Å².